The van der Waals surface area contributed by atoms with Crippen LogP contribution >= 0.6 is 0 Å². The standard InChI is InChI=1S/C25H33N3O3/c29-23-12-11-22(31-24(23)25(30)26-21-9-5-2-6-10-21)13-14-27-15-17-28(18-16-27)19-20-7-3-1-4-8-20/h1-10,22-24,29H,11-19H2,(H,26,30)/t22-,23-,24-/m0/s1. The van der Waals surface area contributed by atoms with Crippen molar-refractivity contribution in [3.8, 4) is 0 Å². The van der Waals surface area contributed by atoms with Gasteiger partial charge in [-0.15, -0.1) is 0 Å². The van der Waals surface area contributed by atoms with E-state index in [4.69, 9.17) is 4.74 Å². The fourth-order valence-corrected chi connectivity index (χ4v) is 4.40. The summed E-state index contributed by atoms with van der Waals surface area (Å²) >= 11 is 0. The van der Waals surface area contributed by atoms with Crippen molar-refractivity contribution < 1.29 is 14.6 Å². The number of nitrogens with zero attached hydrogens (tertiary/aromatic N) is 2. The molecule has 2 aromatic rings. The fraction of sp³-hybridized carbons (Fsp3) is 0.480. The lowest BCUT2D eigenvalue weighted by Gasteiger charge is -2.37. The van der Waals surface area contributed by atoms with Crippen LogP contribution in [-0.4, -0.2) is 71.8 Å². The summed E-state index contributed by atoms with van der Waals surface area (Å²) < 4.78 is 6.02. The smallest absolute Gasteiger partial charge is 0.256 e. The predicted octanol–water partition coefficient (Wildman–Crippen LogP) is 2.74. The third kappa shape index (κ3) is 6.37. The Morgan fingerprint density at radius 1 is 0.935 bits per heavy atom. The highest BCUT2D eigenvalue weighted by Crippen LogP contribution is 2.24. The topological polar surface area (TPSA) is 65.0 Å². The Morgan fingerprint density at radius 2 is 1.58 bits per heavy atom. The molecule has 166 valence electrons. The predicted molar refractivity (Wildman–Crippen MR) is 122 cm³/mol. The van der Waals surface area contributed by atoms with Gasteiger partial charge in [-0.2, -0.15) is 0 Å². The third-order valence-electron chi connectivity index (χ3n) is 6.25. The number of piperazine rings is 1. The van der Waals surface area contributed by atoms with Crippen LogP contribution < -0.4 is 5.32 Å². The minimum Gasteiger partial charge on any atom is -0.390 e. The number of ether oxygens (including phenoxy) is 1. The number of anilines is 1. The van der Waals surface area contributed by atoms with Crippen LogP contribution in [0.15, 0.2) is 60.7 Å². The molecule has 0 aliphatic carbocycles. The van der Waals surface area contributed by atoms with Gasteiger partial charge in [-0.1, -0.05) is 48.5 Å². The van der Waals surface area contributed by atoms with E-state index in [-0.39, 0.29) is 12.0 Å². The number of aliphatic hydroxyl groups excluding tert-OH is 1. The molecule has 2 N–H and O–H groups in total. The van der Waals surface area contributed by atoms with Crippen molar-refractivity contribution in [2.75, 3.05) is 38.0 Å². The molecule has 0 spiro atoms. The lowest BCUT2D eigenvalue weighted by Crippen LogP contribution is -2.49. The van der Waals surface area contributed by atoms with Crippen LogP contribution in [0, 0.1) is 0 Å². The van der Waals surface area contributed by atoms with Crippen molar-refractivity contribution in [1.82, 2.24) is 9.80 Å². The largest absolute Gasteiger partial charge is 0.390 e. The Morgan fingerprint density at radius 3 is 2.29 bits per heavy atom. The number of hydrogen-bond donors (Lipinski definition) is 2. The second kappa shape index (κ2) is 10.9. The second-order valence-electron chi connectivity index (χ2n) is 8.57. The Balaban J connectivity index is 1.20. The molecule has 2 aromatic carbocycles. The fourth-order valence-electron chi connectivity index (χ4n) is 4.40. The van der Waals surface area contributed by atoms with Crippen molar-refractivity contribution in [3.63, 3.8) is 0 Å². The van der Waals surface area contributed by atoms with Gasteiger partial charge in [0.25, 0.3) is 5.91 Å². The van der Waals surface area contributed by atoms with Crippen LogP contribution in [0.4, 0.5) is 5.69 Å². The van der Waals surface area contributed by atoms with Crippen LogP contribution in [0.1, 0.15) is 24.8 Å². The molecule has 0 saturated carbocycles. The van der Waals surface area contributed by atoms with Crippen molar-refractivity contribution in [1.29, 1.82) is 0 Å². The van der Waals surface area contributed by atoms with Gasteiger partial charge in [-0.25, -0.2) is 0 Å². The zero-order chi connectivity index (χ0) is 21.5. The van der Waals surface area contributed by atoms with E-state index in [1.54, 1.807) is 0 Å². The van der Waals surface area contributed by atoms with E-state index in [2.05, 4.69) is 45.4 Å². The van der Waals surface area contributed by atoms with Gasteiger partial charge in [0.05, 0.1) is 12.2 Å². The molecule has 2 fully saturated rings. The zero-order valence-electron chi connectivity index (χ0n) is 18.0. The molecule has 6 heteroatoms. The van der Waals surface area contributed by atoms with Gasteiger partial charge in [-0.05, 0) is 37.0 Å². The Kier molecular flexibility index (Phi) is 7.70. The van der Waals surface area contributed by atoms with E-state index in [0.29, 0.717) is 6.42 Å². The van der Waals surface area contributed by atoms with E-state index in [1.165, 1.54) is 5.56 Å². The Labute approximate surface area is 184 Å². The number of carbonyl (C=O) groups is 1. The SMILES string of the molecule is O=C(Nc1ccccc1)[C@H]1O[C@H](CCN2CCN(Cc3ccccc3)CC2)CC[C@@H]1O. The molecule has 0 radical (unpaired) electrons. The molecule has 2 saturated heterocycles. The van der Waals surface area contributed by atoms with Crippen LogP contribution in [0.3, 0.4) is 0 Å². The van der Waals surface area contributed by atoms with Crippen molar-refractivity contribution >= 4 is 11.6 Å². The summed E-state index contributed by atoms with van der Waals surface area (Å²) in [5.74, 6) is -0.266. The normalized spacial score (nSPS) is 25.3. The van der Waals surface area contributed by atoms with E-state index < -0.39 is 12.2 Å². The highest BCUT2D eigenvalue weighted by molar-refractivity contribution is 5.94. The molecule has 2 aliphatic rings. The van der Waals surface area contributed by atoms with Crippen LogP contribution in [-0.2, 0) is 16.1 Å². The Bertz CT molecular complexity index is 809. The summed E-state index contributed by atoms with van der Waals surface area (Å²) in [4.78, 5) is 17.6. The first-order chi connectivity index (χ1) is 15.2. The van der Waals surface area contributed by atoms with Crippen molar-refractivity contribution in [2.45, 2.75) is 44.1 Å². The molecule has 6 nitrogen and oxygen atoms in total. The lowest BCUT2D eigenvalue weighted by atomic mass is 9.98. The van der Waals surface area contributed by atoms with Crippen LogP contribution in [0.25, 0.3) is 0 Å². The molecule has 0 bridgehead atoms. The van der Waals surface area contributed by atoms with E-state index in [9.17, 15) is 9.90 Å². The minimum absolute atomic E-state index is 0.0114. The third-order valence-corrected chi connectivity index (χ3v) is 6.25. The van der Waals surface area contributed by atoms with Crippen LogP contribution in [0.2, 0.25) is 0 Å². The summed E-state index contributed by atoms with van der Waals surface area (Å²) in [5, 5.41) is 13.2. The zero-order valence-corrected chi connectivity index (χ0v) is 18.0. The molecule has 31 heavy (non-hydrogen) atoms. The second-order valence-corrected chi connectivity index (χ2v) is 8.57. The number of rotatable bonds is 7. The number of nitrogens with one attached hydrogen (secondary N) is 1. The quantitative estimate of drug-likeness (QED) is 0.717. The summed E-state index contributed by atoms with van der Waals surface area (Å²) in [6.45, 7) is 6.23. The highest BCUT2D eigenvalue weighted by atomic mass is 16.5. The molecular weight excluding hydrogens is 390 g/mol. The molecule has 2 aliphatic heterocycles. The first-order valence-corrected chi connectivity index (χ1v) is 11.4. The van der Waals surface area contributed by atoms with E-state index in [1.807, 2.05) is 30.3 Å². The monoisotopic (exact) mass is 423 g/mol. The van der Waals surface area contributed by atoms with Gasteiger partial charge in [0.2, 0.25) is 0 Å². The summed E-state index contributed by atoms with van der Waals surface area (Å²) in [6, 6.07) is 19.9. The van der Waals surface area contributed by atoms with Gasteiger partial charge < -0.3 is 20.1 Å². The minimum atomic E-state index is -0.804. The van der Waals surface area contributed by atoms with E-state index in [0.717, 1.165) is 57.8 Å². The lowest BCUT2D eigenvalue weighted by molar-refractivity contribution is -0.153. The van der Waals surface area contributed by atoms with Gasteiger partial charge in [-0.3, -0.25) is 9.69 Å². The first kappa shape index (κ1) is 22.0. The summed E-state index contributed by atoms with van der Waals surface area (Å²) in [6.07, 6.45) is 0.744. The first-order valence-electron chi connectivity index (χ1n) is 11.4. The number of aliphatic hydroxyl groups is 1. The maximum atomic E-state index is 12.6. The summed E-state index contributed by atoms with van der Waals surface area (Å²) in [7, 11) is 0. The van der Waals surface area contributed by atoms with Gasteiger partial charge in [0.1, 0.15) is 0 Å². The summed E-state index contributed by atoms with van der Waals surface area (Å²) in [5.41, 5.74) is 2.09. The average molecular weight is 424 g/mol. The average Bonchev–Trinajstić information content (AvgIpc) is 2.81. The number of hydrogen-bond acceptors (Lipinski definition) is 5. The van der Waals surface area contributed by atoms with Gasteiger partial charge >= 0.3 is 0 Å². The van der Waals surface area contributed by atoms with E-state index >= 15 is 0 Å². The van der Waals surface area contributed by atoms with Crippen molar-refractivity contribution in [3.05, 3.63) is 66.2 Å². The number of carbonyl (C=O) groups excluding carboxylic acids is 1. The molecule has 4 rings (SSSR count). The molecule has 2 heterocycles. The maximum Gasteiger partial charge on any atom is 0.256 e. The molecular formula is C25H33N3O3. The molecule has 0 aromatic heterocycles. The number of para-hydroxylation sites is 1. The van der Waals surface area contributed by atoms with Gasteiger partial charge in [0.15, 0.2) is 6.10 Å². The molecule has 1 amide bonds. The van der Waals surface area contributed by atoms with Crippen LogP contribution in [0.5, 0.6) is 0 Å². The number of amides is 1. The van der Waals surface area contributed by atoms with Crippen molar-refractivity contribution in [2.24, 2.45) is 0 Å². The number of benzene rings is 2. The Hall–Kier alpha value is -2.25. The van der Waals surface area contributed by atoms with Gasteiger partial charge in [0, 0.05) is 45.0 Å². The highest BCUT2D eigenvalue weighted by Gasteiger charge is 2.35. The molecule has 0 unspecified atom stereocenters. The maximum absolute atomic E-state index is 12.6. The molecule has 3 atom stereocenters.